The summed E-state index contributed by atoms with van der Waals surface area (Å²) in [5.41, 5.74) is 8.56. The molecule has 5 rings (SSSR count). The molecular formula is C50H84BBrN4O6S4Si2. The summed E-state index contributed by atoms with van der Waals surface area (Å²) in [5, 5.41) is 0.286. The van der Waals surface area contributed by atoms with Crippen LogP contribution in [-0.2, 0) is 40.1 Å². The number of nitrogens with zero attached hydrogens (tertiary/aromatic N) is 2. The minimum atomic E-state index is -1.90. The highest BCUT2D eigenvalue weighted by atomic mass is 79.9. The molecule has 3 heterocycles. The number of aromatic nitrogens is 2. The van der Waals surface area contributed by atoms with Crippen molar-refractivity contribution in [2.75, 3.05) is 13.2 Å². The summed E-state index contributed by atoms with van der Waals surface area (Å²) >= 11 is 6.71. The van der Waals surface area contributed by atoms with Crippen LogP contribution >= 0.6 is 38.6 Å². The monoisotopic (exact) mass is 1110 g/mol. The molecule has 2 aromatic heterocycles. The first kappa shape index (κ1) is 61.0. The smallest absolute Gasteiger partial charge is 0.415 e. The lowest BCUT2D eigenvalue weighted by molar-refractivity contribution is 0.00578. The summed E-state index contributed by atoms with van der Waals surface area (Å²) in [5.74, 6) is 0. The van der Waals surface area contributed by atoms with Gasteiger partial charge in [-0.25, -0.2) is 22.8 Å². The molecule has 4 atom stereocenters. The minimum absolute atomic E-state index is 0.0905. The molecule has 1 fully saturated rings. The Kier molecular flexibility index (Phi) is 21.3. The van der Waals surface area contributed by atoms with Gasteiger partial charge >= 0.3 is 7.12 Å². The van der Waals surface area contributed by atoms with Gasteiger partial charge in [-0.15, -0.1) is 22.7 Å². The summed E-state index contributed by atoms with van der Waals surface area (Å²) in [4.78, 5) is 9.75. The zero-order valence-electron chi connectivity index (χ0n) is 45.3. The first-order valence-electron chi connectivity index (χ1n) is 23.4. The molecule has 0 aliphatic carbocycles. The molecule has 0 amide bonds. The standard InChI is InChI=1S/C22H36N2O2S2Si.C18H32BrNO2SSi.C10H16BNO2S/c1-16-20(27-15-23-16)18-12-10-17(11-13-18)19(24-28(25)21(2,3)4)14-26-29(8,9)22(5,6)7;1-17(2,3)23(21)20-16(14-9-11-15(19)12-10-14)13-22-24(7,8)18(4,5)6;1-7-8(15-6-12-7)11-13-9(2,3)10(4,5)14-11/h10-13,15,19,24H,14H2,1-9H3;9-12,16,20H,13H2,1-8H3;6H,1-5H3/t19-,28-;16-,23-;/m00./s1. The lowest BCUT2D eigenvalue weighted by Gasteiger charge is -2.37. The van der Waals surface area contributed by atoms with Gasteiger partial charge in [-0.3, -0.25) is 4.98 Å². The van der Waals surface area contributed by atoms with E-state index >= 15 is 0 Å². The number of halogens is 1. The minimum Gasteiger partial charge on any atom is -0.415 e. The van der Waals surface area contributed by atoms with Gasteiger partial charge in [0.25, 0.3) is 0 Å². The van der Waals surface area contributed by atoms with Gasteiger partial charge in [0.15, 0.2) is 16.6 Å². The van der Waals surface area contributed by atoms with E-state index in [2.05, 4.69) is 167 Å². The molecule has 1 aliphatic heterocycles. The Balaban J connectivity index is 0.000000283. The van der Waals surface area contributed by atoms with Crippen LogP contribution in [0.2, 0.25) is 36.3 Å². The fourth-order valence-electron chi connectivity index (χ4n) is 5.65. The van der Waals surface area contributed by atoms with E-state index in [0.29, 0.717) is 13.2 Å². The Morgan fingerprint density at radius 2 is 1.01 bits per heavy atom. The van der Waals surface area contributed by atoms with E-state index in [0.717, 1.165) is 37.3 Å². The zero-order chi connectivity index (χ0) is 52.1. The van der Waals surface area contributed by atoms with E-state index in [-0.39, 0.29) is 50.0 Å². The zero-order valence-corrected chi connectivity index (χ0v) is 52.1. The third-order valence-electron chi connectivity index (χ3n) is 13.3. The van der Waals surface area contributed by atoms with Crippen molar-refractivity contribution in [3.63, 3.8) is 0 Å². The second kappa shape index (κ2) is 23.7. The van der Waals surface area contributed by atoms with E-state index in [9.17, 15) is 8.42 Å². The molecule has 0 unspecified atom stereocenters. The molecule has 2 N–H and O–H groups in total. The van der Waals surface area contributed by atoms with E-state index in [4.69, 9.17) is 18.2 Å². The molecule has 2 aromatic carbocycles. The van der Waals surface area contributed by atoms with Gasteiger partial charge in [0.05, 0.1) is 94.3 Å². The van der Waals surface area contributed by atoms with Gasteiger partial charge < -0.3 is 18.2 Å². The second-order valence-electron chi connectivity index (χ2n) is 23.6. The van der Waals surface area contributed by atoms with Gasteiger partial charge in [-0.2, -0.15) is 0 Å². The Bertz CT molecular complexity index is 2250. The first-order chi connectivity index (χ1) is 30.8. The quantitative estimate of drug-likeness (QED) is 0.120. The van der Waals surface area contributed by atoms with Gasteiger partial charge in [0.1, 0.15) is 0 Å². The molecule has 0 radical (unpaired) electrons. The van der Waals surface area contributed by atoms with E-state index in [1.807, 2.05) is 78.5 Å². The summed E-state index contributed by atoms with van der Waals surface area (Å²) in [6.45, 7) is 47.6. The highest BCUT2D eigenvalue weighted by molar-refractivity contribution is 9.10. The van der Waals surface area contributed by atoms with Gasteiger partial charge in [-0.05, 0) is 148 Å². The maximum atomic E-state index is 12.8. The molecule has 10 nitrogen and oxygen atoms in total. The van der Waals surface area contributed by atoms with Crippen molar-refractivity contribution in [3.8, 4) is 10.4 Å². The SMILES string of the molecule is CC(C)(C)[S@](=O)N[C@@H](CO[Si](C)(C)C(C)(C)C)c1ccc(Br)cc1.Cc1ncsc1-c1ccc([C@H](CO[Si](C)(C)C(C)(C)C)N[S@@](=O)C(C)(C)C)cc1.Cc1ncsc1B1OC(C)(C)C(C)(C)O1. The Morgan fingerprint density at radius 3 is 1.34 bits per heavy atom. The van der Waals surface area contributed by atoms with Gasteiger partial charge in [0, 0.05) is 10.2 Å². The van der Waals surface area contributed by atoms with Gasteiger partial charge in [-0.1, -0.05) is 93.9 Å². The molecule has 0 bridgehead atoms. The number of rotatable bonds is 14. The van der Waals surface area contributed by atoms with Crippen molar-refractivity contribution >= 4 is 89.1 Å². The van der Waals surface area contributed by atoms with Crippen molar-refractivity contribution in [3.05, 3.63) is 86.5 Å². The van der Waals surface area contributed by atoms with Gasteiger partial charge in [0.2, 0.25) is 0 Å². The predicted molar refractivity (Wildman–Crippen MR) is 303 cm³/mol. The number of thiazole rings is 2. The number of aryl methyl sites for hydroxylation is 2. The van der Waals surface area contributed by atoms with E-state index in [1.165, 1.54) is 4.88 Å². The van der Waals surface area contributed by atoms with E-state index < -0.39 is 38.6 Å². The summed E-state index contributed by atoms with van der Waals surface area (Å²) in [6.07, 6.45) is 0. The number of nitrogens with one attached hydrogen (secondary N) is 2. The summed E-state index contributed by atoms with van der Waals surface area (Å²) in [6, 6.07) is 16.4. The Labute approximate surface area is 435 Å². The van der Waals surface area contributed by atoms with Crippen LogP contribution in [0.3, 0.4) is 0 Å². The van der Waals surface area contributed by atoms with Crippen LogP contribution in [0.25, 0.3) is 10.4 Å². The maximum absolute atomic E-state index is 12.8. The van der Waals surface area contributed by atoms with Crippen LogP contribution in [0.4, 0.5) is 0 Å². The average Bonchev–Trinajstić information content (AvgIpc) is 3.89. The first-order valence-corrected chi connectivity index (χ1v) is 34.1. The fourth-order valence-corrected chi connectivity index (χ4v) is 11.1. The Morgan fingerprint density at radius 1 is 0.647 bits per heavy atom. The van der Waals surface area contributed by atoms with Crippen LogP contribution in [0, 0.1) is 13.8 Å². The van der Waals surface area contributed by atoms with Crippen molar-refractivity contribution in [1.29, 1.82) is 0 Å². The third kappa shape index (κ3) is 17.2. The highest BCUT2D eigenvalue weighted by Gasteiger charge is 2.52. The largest absolute Gasteiger partial charge is 0.507 e. The molecular weight excluding hydrogens is 1030 g/mol. The highest BCUT2D eigenvalue weighted by Crippen LogP contribution is 2.40. The van der Waals surface area contributed by atoms with Crippen molar-refractivity contribution in [2.24, 2.45) is 0 Å². The molecule has 1 aliphatic rings. The lowest BCUT2D eigenvalue weighted by atomic mass is 9.86. The van der Waals surface area contributed by atoms with Crippen molar-refractivity contribution in [2.45, 2.75) is 194 Å². The predicted octanol–water partition coefficient (Wildman–Crippen LogP) is 13.5. The molecule has 382 valence electrons. The number of hydrogen-bond acceptors (Lipinski definition) is 10. The normalized spacial score (nSPS) is 17.4. The van der Waals surface area contributed by atoms with Crippen LogP contribution in [0.15, 0.2) is 64.0 Å². The molecule has 0 spiro atoms. The Hall–Kier alpha value is -1.26. The number of benzene rings is 2. The van der Waals surface area contributed by atoms with Crippen LogP contribution < -0.4 is 14.2 Å². The van der Waals surface area contributed by atoms with Crippen LogP contribution in [-0.4, -0.2) is 76.0 Å². The summed E-state index contributed by atoms with van der Waals surface area (Å²) in [7, 11) is -6.35. The summed E-state index contributed by atoms with van der Waals surface area (Å²) < 4.78 is 58.2. The fraction of sp³-hybridized carbons (Fsp3) is 0.640. The number of hydrogen-bond donors (Lipinski definition) is 2. The molecule has 4 aromatic rings. The maximum Gasteiger partial charge on any atom is 0.507 e. The molecule has 1 saturated heterocycles. The van der Waals surface area contributed by atoms with E-state index in [1.54, 1.807) is 22.7 Å². The van der Waals surface area contributed by atoms with Crippen LogP contribution in [0.1, 0.15) is 145 Å². The third-order valence-corrected chi connectivity index (χ3v) is 28.0. The second-order valence-corrected chi connectivity index (χ2v) is 39.8. The van der Waals surface area contributed by atoms with Crippen molar-refractivity contribution < 1.29 is 26.6 Å². The lowest BCUT2D eigenvalue weighted by Crippen LogP contribution is -2.44. The molecule has 18 heteroatoms. The average molecular weight is 1110 g/mol. The topological polar surface area (TPSA) is 121 Å². The molecule has 0 saturated carbocycles. The molecule has 68 heavy (non-hydrogen) atoms. The van der Waals surface area contributed by atoms with Crippen LogP contribution in [0.5, 0.6) is 0 Å². The van der Waals surface area contributed by atoms with Crippen molar-refractivity contribution in [1.82, 2.24) is 19.4 Å².